The molecule has 5 heteroatoms. The Balaban J connectivity index is 1.77. The monoisotopic (exact) mass is 332 g/mol. The van der Waals surface area contributed by atoms with E-state index in [1.807, 2.05) is 37.3 Å². The maximum absolute atomic E-state index is 12.8. The average Bonchev–Trinajstić information content (AvgIpc) is 2.54. The van der Waals surface area contributed by atoms with E-state index in [9.17, 15) is 8.42 Å². The zero-order valence-electron chi connectivity index (χ0n) is 13.8. The minimum absolute atomic E-state index is 0.0418. The van der Waals surface area contributed by atoms with Crippen molar-refractivity contribution in [2.75, 3.05) is 39.0 Å². The van der Waals surface area contributed by atoms with Crippen LogP contribution in [-0.2, 0) is 9.84 Å². The number of fused-ring (bicyclic) bond motifs is 1. The molecule has 0 amide bonds. The van der Waals surface area contributed by atoms with Crippen LogP contribution in [0.1, 0.15) is 6.92 Å². The number of hydrogen-bond acceptors (Lipinski definition) is 4. The van der Waals surface area contributed by atoms with Crippen LogP contribution >= 0.6 is 0 Å². The average molecular weight is 332 g/mol. The van der Waals surface area contributed by atoms with Crippen molar-refractivity contribution in [1.29, 1.82) is 0 Å². The van der Waals surface area contributed by atoms with Crippen molar-refractivity contribution in [3.05, 3.63) is 42.5 Å². The van der Waals surface area contributed by atoms with Crippen LogP contribution in [0.25, 0.3) is 10.8 Å². The maximum atomic E-state index is 12.8. The molecule has 1 heterocycles. The Kier molecular flexibility index (Phi) is 4.71. The van der Waals surface area contributed by atoms with Gasteiger partial charge in [0.2, 0.25) is 0 Å². The van der Waals surface area contributed by atoms with Crippen molar-refractivity contribution >= 4 is 20.6 Å². The number of likely N-dealkylation sites (N-methyl/N-ethyl adjacent to an activating group) is 1. The van der Waals surface area contributed by atoms with E-state index < -0.39 is 9.84 Å². The molecule has 0 radical (unpaired) electrons. The topological polar surface area (TPSA) is 40.6 Å². The lowest BCUT2D eigenvalue weighted by atomic mass is 10.1. The van der Waals surface area contributed by atoms with Gasteiger partial charge in [-0.25, -0.2) is 8.42 Å². The number of hydrogen-bond donors (Lipinski definition) is 0. The summed E-state index contributed by atoms with van der Waals surface area (Å²) in [6, 6.07) is 13.3. The normalized spacial score (nSPS) is 19.0. The number of piperazine rings is 1. The number of benzene rings is 2. The molecule has 1 saturated heterocycles. The number of nitrogens with zero attached hydrogens (tertiary/aromatic N) is 2. The first-order valence-electron chi connectivity index (χ1n) is 8.10. The minimum atomic E-state index is -3.27. The highest BCUT2D eigenvalue weighted by molar-refractivity contribution is 7.91. The summed E-state index contributed by atoms with van der Waals surface area (Å²) in [6.07, 6.45) is 0. The highest BCUT2D eigenvalue weighted by Gasteiger charge is 2.25. The molecule has 3 rings (SSSR count). The van der Waals surface area contributed by atoms with Crippen molar-refractivity contribution in [2.45, 2.75) is 17.9 Å². The lowest BCUT2D eigenvalue weighted by Crippen LogP contribution is -2.49. The summed E-state index contributed by atoms with van der Waals surface area (Å²) in [6.45, 7) is 5.89. The molecule has 23 heavy (non-hydrogen) atoms. The van der Waals surface area contributed by atoms with Crippen molar-refractivity contribution in [1.82, 2.24) is 9.80 Å². The van der Waals surface area contributed by atoms with Crippen LogP contribution in [0.15, 0.2) is 47.4 Å². The predicted octanol–water partition coefficient (Wildman–Crippen LogP) is 2.25. The van der Waals surface area contributed by atoms with Gasteiger partial charge in [-0.3, -0.25) is 4.90 Å². The molecule has 0 aliphatic carbocycles. The molecule has 4 nitrogen and oxygen atoms in total. The van der Waals surface area contributed by atoms with Gasteiger partial charge in [0.15, 0.2) is 9.84 Å². The molecule has 0 unspecified atom stereocenters. The van der Waals surface area contributed by atoms with Crippen LogP contribution in [0.3, 0.4) is 0 Å². The van der Waals surface area contributed by atoms with E-state index >= 15 is 0 Å². The van der Waals surface area contributed by atoms with Crippen LogP contribution in [0.2, 0.25) is 0 Å². The summed E-state index contributed by atoms with van der Waals surface area (Å²) < 4.78 is 25.5. The molecule has 1 atom stereocenters. The van der Waals surface area contributed by atoms with Gasteiger partial charge in [0.25, 0.3) is 0 Å². The number of rotatable bonds is 4. The van der Waals surface area contributed by atoms with Gasteiger partial charge in [-0.15, -0.1) is 0 Å². The molecule has 1 fully saturated rings. The summed E-state index contributed by atoms with van der Waals surface area (Å²) in [5, 5.41) is 2.04. The highest BCUT2D eigenvalue weighted by Crippen LogP contribution is 2.21. The number of sulfone groups is 1. The standard InChI is InChI=1S/C18H24N2O2S/c1-15(20-11-9-19(2)10-12-20)14-23(21,22)18-8-7-16-5-3-4-6-17(16)13-18/h3-8,13,15H,9-12,14H2,1-2H3/t15-/m1/s1. The molecule has 1 aliphatic heterocycles. The Bertz CT molecular complexity index is 780. The summed E-state index contributed by atoms with van der Waals surface area (Å²) >= 11 is 0. The predicted molar refractivity (Wildman–Crippen MR) is 94.5 cm³/mol. The Morgan fingerprint density at radius 2 is 1.65 bits per heavy atom. The van der Waals surface area contributed by atoms with Crippen molar-refractivity contribution in [2.24, 2.45) is 0 Å². The third kappa shape index (κ3) is 3.74. The van der Waals surface area contributed by atoms with E-state index in [1.165, 1.54) is 0 Å². The second-order valence-electron chi connectivity index (χ2n) is 6.48. The van der Waals surface area contributed by atoms with Gasteiger partial charge < -0.3 is 4.90 Å². The van der Waals surface area contributed by atoms with Gasteiger partial charge in [-0.05, 0) is 36.9 Å². The van der Waals surface area contributed by atoms with Gasteiger partial charge >= 0.3 is 0 Å². The van der Waals surface area contributed by atoms with Crippen LogP contribution in [-0.4, -0.2) is 63.2 Å². The van der Waals surface area contributed by atoms with E-state index in [1.54, 1.807) is 12.1 Å². The Morgan fingerprint density at radius 3 is 2.35 bits per heavy atom. The zero-order valence-corrected chi connectivity index (χ0v) is 14.6. The van der Waals surface area contributed by atoms with Gasteiger partial charge in [-0.1, -0.05) is 30.3 Å². The van der Waals surface area contributed by atoms with Crippen molar-refractivity contribution in [3.63, 3.8) is 0 Å². The van der Waals surface area contributed by atoms with Gasteiger partial charge in [0.1, 0.15) is 0 Å². The Labute approximate surface area is 138 Å². The van der Waals surface area contributed by atoms with Gasteiger partial charge in [0, 0.05) is 32.2 Å². The fraction of sp³-hybridized carbons (Fsp3) is 0.444. The van der Waals surface area contributed by atoms with Gasteiger partial charge in [0.05, 0.1) is 10.6 Å². The smallest absolute Gasteiger partial charge is 0.179 e. The molecule has 0 aromatic heterocycles. The first-order valence-corrected chi connectivity index (χ1v) is 9.75. The highest BCUT2D eigenvalue weighted by atomic mass is 32.2. The summed E-state index contributed by atoms with van der Waals surface area (Å²) in [5.41, 5.74) is 0. The maximum Gasteiger partial charge on any atom is 0.179 e. The third-order valence-corrected chi connectivity index (χ3v) is 6.60. The quantitative estimate of drug-likeness (QED) is 0.861. The second-order valence-corrected chi connectivity index (χ2v) is 8.51. The lowest BCUT2D eigenvalue weighted by molar-refractivity contribution is 0.127. The van der Waals surface area contributed by atoms with Crippen LogP contribution in [0, 0.1) is 0 Å². The molecule has 124 valence electrons. The molecule has 0 bridgehead atoms. The fourth-order valence-electron chi connectivity index (χ4n) is 3.14. The molecule has 0 saturated carbocycles. The second kappa shape index (κ2) is 6.59. The van der Waals surface area contributed by atoms with E-state index in [4.69, 9.17) is 0 Å². The largest absolute Gasteiger partial charge is 0.304 e. The van der Waals surface area contributed by atoms with Gasteiger partial charge in [-0.2, -0.15) is 0 Å². The summed E-state index contributed by atoms with van der Waals surface area (Å²) in [5.74, 6) is 0.176. The Morgan fingerprint density at radius 1 is 1.00 bits per heavy atom. The van der Waals surface area contributed by atoms with E-state index in [0.717, 1.165) is 37.0 Å². The lowest BCUT2D eigenvalue weighted by Gasteiger charge is -2.36. The summed E-state index contributed by atoms with van der Waals surface area (Å²) in [4.78, 5) is 4.98. The van der Waals surface area contributed by atoms with Crippen molar-refractivity contribution < 1.29 is 8.42 Å². The minimum Gasteiger partial charge on any atom is -0.304 e. The van der Waals surface area contributed by atoms with E-state index in [-0.39, 0.29) is 11.8 Å². The third-order valence-electron chi connectivity index (χ3n) is 4.70. The molecule has 2 aromatic rings. The fourth-order valence-corrected chi connectivity index (χ4v) is 4.76. The molecule has 0 spiro atoms. The molecular formula is C18H24N2O2S. The first kappa shape index (κ1) is 16.4. The molecule has 2 aromatic carbocycles. The van der Waals surface area contributed by atoms with E-state index in [0.29, 0.717) is 4.90 Å². The zero-order chi connectivity index (χ0) is 16.4. The molecular weight excluding hydrogens is 308 g/mol. The molecule has 1 aliphatic rings. The summed E-state index contributed by atoms with van der Waals surface area (Å²) in [7, 11) is -1.16. The SMILES string of the molecule is C[C@H](CS(=O)(=O)c1ccc2ccccc2c1)N1CCN(C)CC1. The Hall–Kier alpha value is -1.43. The van der Waals surface area contributed by atoms with Crippen LogP contribution < -0.4 is 0 Å². The van der Waals surface area contributed by atoms with E-state index in [2.05, 4.69) is 16.8 Å². The van der Waals surface area contributed by atoms with Crippen LogP contribution in [0.5, 0.6) is 0 Å². The van der Waals surface area contributed by atoms with Crippen LogP contribution in [0.4, 0.5) is 0 Å². The van der Waals surface area contributed by atoms with Crippen molar-refractivity contribution in [3.8, 4) is 0 Å². The molecule has 0 N–H and O–H groups in total. The first-order chi connectivity index (χ1) is 11.0.